The highest BCUT2D eigenvalue weighted by Gasteiger charge is 2.42. The summed E-state index contributed by atoms with van der Waals surface area (Å²) in [5, 5.41) is 4.01. The van der Waals surface area contributed by atoms with E-state index in [0.717, 1.165) is 11.3 Å². The molecule has 33 heavy (non-hydrogen) atoms. The van der Waals surface area contributed by atoms with Crippen molar-refractivity contribution < 1.29 is 12.8 Å². The van der Waals surface area contributed by atoms with Gasteiger partial charge < -0.3 is 4.43 Å². The zero-order valence-corrected chi connectivity index (χ0v) is 24.4. The molecular formula is C24H36BrN3O3SSi. The highest BCUT2D eigenvalue weighted by molar-refractivity contribution is 9.10. The van der Waals surface area contributed by atoms with Gasteiger partial charge in [0, 0.05) is 5.56 Å². The number of benzene rings is 1. The number of sulfonamides is 1. The Morgan fingerprint density at radius 2 is 1.64 bits per heavy atom. The third kappa shape index (κ3) is 7.21. The lowest BCUT2D eigenvalue weighted by Crippen LogP contribution is -2.44. The van der Waals surface area contributed by atoms with Crippen molar-refractivity contribution in [2.75, 3.05) is 0 Å². The fourth-order valence-corrected chi connectivity index (χ4v) is 5.44. The fraction of sp³-hybridized carbons (Fsp3) is 0.500. The largest absolute Gasteiger partial charge is 0.408 e. The van der Waals surface area contributed by atoms with Crippen LogP contribution in [-0.2, 0) is 14.4 Å². The molecule has 0 bridgehead atoms. The molecule has 0 amide bonds. The van der Waals surface area contributed by atoms with E-state index in [1.165, 1.54) is 6.21 Å². The van der Waals surface area contributed by atoms with Gasteiger partial charge in [0.2, 0.25) is 0 Å². The quantitative estimate of drug-likeness (QED) is 0.182. The summed E-state index contributed by atoms with van der Waals surface area (Å²) in [5.74, 6) is 0. The van der Waals surface area contributed by atoms with E-state index in [0.29, 0.717) is 10.2 Å². The third-order valence-corrected chi connectivity index (χ3v) is 12.2. The van der Waals surface area contributed by atoms with E-state index in [1.54, 1.807) is 24.3 Å². The molecule has 2 rings (SSSR count). The highest BCUT2D eigenvalue weighted by Crippen LogP contribution is 2.44. The first-order chi connectivity index (χ1) is 14.9. The number of hydrazone groups is 1. The Morgan fingerprint density at radius 3 is 2.12 bits per heavy atom. The first kappa shape index (κ1) is 27.7. The molecule has 1 N–H and O–H groups in total. The second kappa shape index (κ2) is 9.97. The summed E-state index contributed by atoms with van der Waals surface area (Å²) in [6.45, 7) is 19.5. The van der Waals surface area contributed by atoms with Gasteiger partial charge in [0.15, 0.2) is 8.32 Å². The molecule has 1 aromatic carbocycles. The molecule has 0 saturated carbocycles. The molecular weight excluding hydrogens is 518 g/mol. The van der Waals surface area contributed by atoms with Gasteiger partial charge in [0.1, 0.15) is 4.60 Å². The summed E-state index contributed by atoms with van der Waals surface area (Å²) in [5.41, 5.74) is 2.32. The lowest BCUT2D eigenvalue weighted by Gasteiger charge is -2.43. The number of pyridine rings is 1. The molecule has 9 heteroatoms. The second-order valence-electron chi connectivity index (χ2n) is 10.9. The van der Waals surface area contributed by atoms with Crippen molar-refractivity contribution in [1.29, 1.82) is 0 Å². The summed E-state index contributed by atoms with van der Waals surface area (Å²) in [4.78, 5) is 7.15. The maximum atomic E-state index is 12.4. The SMILES string of the molecule is Cc1ccc(S(=O)(=O)N/N=C/c2ccc([C@H](O[Si](C)(C)C(C)(C)C)C(C)(C)C)nc2Br)cc1. The van der Waals surface area contributed by atoms with E-state index >= 15 is 0 Å². The number of hydrogen-bond acceptors (Lipinski definition) is 5. The Bertz CT molecular complexity index is 1100. The van der Waals surface area contributed by atoms with E-state index in [4.69, 9.17) is 9.41 Å². The van der Waals surface area contributed by atoms with Crippen molar-refractivity contribution in [3.8, 4) is 0 Å². The monoisotopic (exact) mass is 553 g/mol. The molecule has 0 fully saturated rings. The number of rotatable bonds is 7. The number of hydrogen-bond donors (Lipinski definition) is 1. The molecule has 0 radical (unpaired) electrons. The first-order valence-corrected chi connectivity index (χ1v) is 16.1. The van der Waals surface area contributed by atoms with Gasteiger partial charge in [-0.3, -0.25) is 0 Å². The zero-order valence-electron chi connectivity index (χ0n) is 21.0. The number of aryl methyl sites for hydroxylation is 1. The maximum Gasteiger partial charge on any atom is 0.276 e. The van der Waals surface area contributed by atoms with Gasteiger partial charge in [0.25, 0.3) is 10.0 Å². The Labute approximate surface area is 208 Å². The topological polar surface area (TPSA) is 80.7 Å². The Balaban J connectivity index is 2.26. The fourth-order valence-electron chi connectivity index (χ4n) is 2.79. The van der Waals surface area contributed by atoms with E-state index in [2.05, 4.69) is 80.5 Å². The molecule has 1 aromatic heterocycles. The maximum absolute atomic E-state index is 12.4. The van der Waals surface area contributed by atoms with Gasteiger partial charge >= 0.3 is 0 Å². The van der Waals surface area contributed by atoms with Crippen LogP contribution < -0.4 is 4.83 Å². The van der Waals surface area contributed by atoms with Gasteiger partial charge in [-0.1, -0.05) is 59.2 Å². The Kier molecular flexibility index (Phi) is 8.37. The number of halogens is 1. The summed E-state index contributed by atoms with van der Waals surface area (Å²) < 4.78 is 32.2. The molecule has 1 heterocycles. The van der Waals surface area contributed by atoms with E-state index in [1.807, 2.05) is 19.1 Å². The van der Waals surface area contributed by atoms with Crippen molar-refractivity contribution in [2.45, 2.75) is 77.6 Å². The molecule has 0 unspecified atom stereocenters. The van der Waals surface area contributed by atoms with Crippen LogP contribution in [0.15, 0.2) is 51.0 Å². The summed E-state index contributed by atoms with van der Waals surface area (Å²) in [7, 11) is -5.76. The van der Waals surface area contributed by atoms with Gasteiger partial charge in [-0.2, -0.15) is 13.5 Å². The van der Waals surface area contributed by atoms with Crippen LogP contribution in [0.3, 0.4) is 0 Å². The summed E-state index contributed by atoms with van der Waals surface area (Å²) in [6.07, 6.45) is 1.26. The van der Waals surface area contributed by atoms with Gasteiger partial charge in [-0.15, -0.1) is 0 Å². The Hall–Kier alpha value is -1.55. The van der Waals surface area contributed by atoms with Crippen LogP contribution in [0.5, 0.6) is 0 Å². The summed E-state index contributed by atoms with van der Waals surface area (Å²) in [6, 6.07) is 10.4. The van der Waals surface area contributed by atoms with Crippen LogP contribution in [-0.4, -0.2) is 27.9 Å². The van der Waals surface area contributed by atoms with E-state index in [9.17, 15) is 8.42 Å². The van der Waals surface area contributed by atoms with Crippen molar-refractivity contribution in [3.05, 3.63) is 57.8 Å². The predicted molar refractivity (Wildman–Crippen MR) is 142 cm³/mol. The van der Waals surface area contributed by atoms with Gasteiger partial charge in [-0.25, -0.2) is 9.82 Å². The van der Waals surface area contributed by atoms with Crippen LogP contribution in [0.1, 0.15) is 64.5 Å². The lowest BCUT2D eigenvalue weighted by molar-refractivity contribution is 0.0688. The Morgan fingerprint density at radius 1 is 1.06 bits per heavy atom. The minimum atomic E-state index is -3.73. The average molecular weight is 555 g/mol. The van der Waals surface area contributed by atoms with Crippen LogP contribution in [0.2, 0.25) is 18.1 Å². The lowest BCUT2D eigenvalue weighted by atomic mass is 9.87. The molecule has 0 spiro atoms. The van der Waals surface area contributed by atoms with Crippen LogP contribution >= 0.6 is 15.9 Å². The molecule has 2 aromatic rings. The van der Waals surface area contributed by atoms with Crippen molar-refractivity contribution >= 4 is 40.5 Å². The van der Waals surface area contributed by atoms with Crippen molar-refractivity contribution in [2.24, 2.45) is 10.5 Å². The molecule has 1 atom stereocenters. The average Bonchev–Trinajstić information content (AvgIpc) is 2.66. The van der Waals surface area contributed by atoms with Crippen LogP contribution in [0.4, 0.5) is 0 Å². The van der Waals surface area contributed by atoms with Crippen LogP contribution in [0.25, 0.3) is 0 Å². The predicted octanol–water partition coefficient (Wildman–Crippen LogP) is 6.57. The minimum Gasteiger partial charge on any atom is -0.408 e. The zero-order chi connectivity index (χ0) is 25.2. The number of nitrogens with zero attached hydrogens (tertiary/aromatic N) is 2. The molecule has 0 aliphatic heterocycles. The smallest absolute Gasteiger partial charge is 0.276 e. The molecule has 0 aliphatic carbocycles. The molecule has 0 saturated heterocycles. The molecule has 182 valence electrons. The molecule has 0 aliphatic rings. The minimum absolute atomic E-state index is 0.0783. The van der Waals surface area contributed by atoms with Crippen LogP contribution in [0, 0.1) is 12.3 Å². The molecule has 6 nitrogen and oxygen atoms in total. The standard InChI is InChI=1S/C24H36BrN3O3SSi/c1-17-10-13-19(14-11-17)32(29,30)28-26-16-18-12-15-20(27-22(18)25)21(23(2,3)4)31-33(8,9)24(5,6)7/h10-16,21,28H,1-9H3/b26-16+/t21-/m0/s1. The highest BCUT2D eigenvalue weighted by atomic mass is 79.9. The second-order valence-corrected chi connectivity index (χ2v) is 18.1. The van der Waals surface area contributed by atoms with Gasteiger partial charge in [0.05, 0.1) is 22.9 Å². The van der Waals surface area contributed by atoms with E-state index < -0.39 is 18.3 Å². The van der Waals surface area contributed by atoms with Gasteiger partial charge in [-0.05, 0) is 70.7 Å². The van der Waals surface area contributed by atoms with Crippen molar-refractivity contribution in [3.63, 3.8) is 0 Å². The normalized spacial score (nSPS) is 14.5. The number of aromatic nitrogens is 1. The number of nitrogens with one attached hydrogen (secondary N) is 1. The van der Waals surface area contributed by atoms with Crippen molar-refractivity contribution in [1.82, 2.24) is 9.82 Å². The first-order valence-electron chi connectivity index (χ1n) is 10.9. The summed E-state index contributed by atoms with van der Waals surface area (Å²) >= 11 is 3.51. The third-order valence-electron chi connectivity index (χ3n) is 5.88. The van der Waals surface area contributed by atoms with E-state index in [-0.39, 0.29) is 21.5 Å².